The monoisotopic (exact) mass is 218 g/mol. The number of nitrogens with two attached hydrogens (primary N) is 1. The zero-order chi connectivity index (χ0) is 10.6. The zero-order valence-corrected chi connectivity index (χ0v) is 9.63. The van der Waals surface area contributed by atoms with Gasteiger partial charge in [-0.2, -0.15) is 5.26 Å². The first-order chi connectivity index (χ1) is 6.81. The fourth-order valence-corrected chi connectivity index (χ4v) is 1.56. The summed E-state index contributed by atoms with van der Waals surface area (Å²) in [5.74, 6) is 0. The SMILES string of the molecule is CCCCCCOP(N)OCCC#N. The first-order valence-electron chi connectivity index (χ1n) is 4.98. The molecule has 0 heterocycles. The van der Waals surface area contributed by atoms with Crippen molar-refractivity contribution in [3.63, 3.8) is 0 Å². The van der Waals surface area contributed by atoms with Crippen LogP contribution in [0.15, 0.2) is 0 Å². The van der Waals surface area contributed by atoms with E-state index < -0.39 is 8.53 Å². The molecule has 2 N–H and O–H groups in total. The molecule has 4 nitrogen and oxygen atoms in total. The van der Waals surface area contributed by atoms with Gasteiger partial charge in [0.15, 0.2) is 0 Å². The molecule has 14 heavy (non-hydrogen) atoms. The van der Waals surface area contributed by atoms with Crippen molar-refractivity contribution < 1.29 is 9.05 Å². The smallest absolute Gasteiger partial charge is 0.252 e. The van der Waals surface area contributed by atoms with Gasteiger partial charge in [0.05, 0.1) is 25.7 Å². The van der Waals surface area contributed by atoms with Crippen molar-refractivity contribution in [1.29, 1.82) is 5.26 Å². The van der Waals surface area contributed by atoms with Gasteiger partial charge in [-0.25, -0.2) is 0 Å². The topological polar surface area (TPSA) is 68.3 Å². The molecule has 0 aromatic rings. The van der Waals surface area contributed by atoms with Gasteiger partial charge in [0.25, 0.3) is 8.53 Å². The van der Waals surface area contributed by atoms with Crippen molar-refractivity contribution in [2.24, 2.45) is 5.50 Å². The second-order valence-corrected chi connectivity index (χ2v) is 4.01. The van der Waals surface area contributed by atoms with Crippen LogP contribution < -0.4 is 5.50 Å². The van der Waals surface area contributed by atoms with Crippen LogP contribution in [-0.4, -0.2) is 13.2 Å². The molecule has 5 heteroatoms. The maximum absolute atomic E-state index is 8.25. The molecule has 0 saturated carbocycles. The van der Waals surface area contributed by atoms with Crippen molar-refractivity contribution in [1.82, 2.24) is 0 Å². The molecule has 1 unspecified atom stereocenters. The molecule has 0 aromatic carbocycles. The molecule has 0 saturated heterocycles. The van der Waals surface area contributed by atoms with Crippen LogP contribution in [0.4, 0.5) is 0 Å². The summed E-state index contributed by atoms with van der Waals surface area (Å²) in [5, 5.41) is 8.25. The van der Waals surface area contributed by atoms with E-state index in [1.807, 2.05) is 6.07 Å². The summed E-state index contributed by atoms with van der Waals surface area (Å²) in [5.41, 5.74) is 5.54. The molecule has 0 amide bonds. The van der Waals surface area contributed by atoms with Gasteiger partial charge in [-0.1, -0.05) is 26.2 Å². The lowest BCUT2D eigenvalue weighted by atomic mass is 10.2. The van der Waals surface area contributed by atoms with Crippen LogP contribution in [0, 0.1) is 11.3 Å². The fraction of sp³-hybridized carbons (Fsp3) is 0.889. The number of hydrogen-bond donors (Lipinski definition) is 1. The maximum atomic E-state index is 8.25. The molecule has 0 bridgehead atoms. The summed E-state index contributed by atoms with van der Waals surface area (Å²) in [6.45, 7) is 3.20. The van der Waals surface area contributed by atoms with E-state index in [1.54, 1.807) is 0 Å². The van der Waals surface area contributed by atoms with Gasteiger partial charge in [-0.3, -0.25) is 5.50 Å². The zero-order valence-electron chi connectivity index (χ0n) is 8.74. The van der Waals surface area contributed by atoms with Gasteiger partial charge in [0.2, 0.25) is 0 Å². The van der Waals surface area contributed by atoms with Gasteiger partial charge in [-0.05, 0) is 6.42 Å². The average molecular weight is 218 g/mol. The first kappa shape index (κ1) is 13.8. The normalized spacial score (nSPS) is 12.4. The highest BCUT2D eigenvalue weighted by Gasteiger charge is 2.02. The molecule has 0 aliphatic heterocycles. The molecule has 0 rings (SSSR count). The fourth-order valence-electron chi connectivity index (χ4n) is 0.902. The van der Waals surface area contributed by atoms with Crippen molar-refractivity contribution in [2.75, 3.05) is 13.2 Å². The average Bonchev–Trinajstić information content (AvgIpc) is 2.18. The Morgan fingerprint density at radius 1 is 1.21 bits per heavy atom. The van der Waals surface area contributed by atoms with Crippen LogP contribution in [0.2, 0.25) is 0 Å². The minimum Gasteiger partial charge on any atom is -0.322 e. The molecule has 0 aliphatic rings. The minimum atomic E-state index is -1.26. The Morgan fingerprint density at radius 2 is 1.93 bits per heavy atom. The molecule has 0 spiro atoms. The quantitative estimate of drug-likeness (QED) is 0.477. The molecule has 82 valence electrons. The van der Waals surface area contributed by atoms with E-state index in [1.165, 1.54) is 19.3 Å². The van der Waals surface area contributed by atoms with E-state index in [-0.39, 0.29) is 0 Å². The predicted octanol–water partition coefficient (Wildman–Crippen LogP) is 2.70. The second-order valence-electron chi connectivity index (χ2n) is 2.92. The van der Waals surface area contributed by atoms with E-state index >= 15 is 0 Å². The van der Waals surface area contributed by atoms with E-state index in [9.17, 15) is 0 Å². The molecule has 1 atom stereocenters. The van der Waals surface area contributed by atoms with Gasteiger partial charge in [0.1, 0.15) is 0 Å². The third-order valence-electron chi connectivity index (χ3n) is 1.65. The minimum absolute atomic E-state index is 0.369. The highest BCUT2D eigenvalue weighted by molar-refractivity contribution is 7.44. The second kappa shape index (κ2) is 10.9. The van der Waals surface area contributed by atoms with Crippen LogP contribution in [0.3, 0.4) is 0 Å². The lowest BCUT2D eigenvalue weighted by Gasteiger charge is -2.10. The summed E-state index contributed by atoms with van der Waals surface area (Å²) in [6, 6.07) is 1.98. The van der Waals surface area contributed by atoms with Crippen LogP contribution in [-0.2, 0) is 9.05 Å². The predicted molar refractivity (Wildman–Crippen MR) is 57.4 cm³/mol. The lowest BCUT2D eigenvalue weighted by molar-refractivity contribution is 0.248. The van der Waals surface area contributed by atoms with E-state index in [2.05, 4.69) is 6.92 Å². The maximum Gasteiger partial charge on any atom is 0.252 e. The van der Waals surface area contributed by atoms with Crippen molar-refractivity contribution >= 4 is 8.53 Å². The Balaban J connectivity index is 3.10. The number of rotatable bonds is 9. The Morgan fingerprint density at radius 3 is 2.57 bits per heavy atom. The molecule has 0 aliphatic carbocycles. The third-order valence-corrected chi connectivity index (χ3v) is 2.52. The summed E-state index contributed by atoms with van der Waals surface area (Å²) in [4.78, 5) is 0. The summed E-state index contributed by atoms with van der Waals surface area (Å²) in [6.07, 6.45) is 5.04. The Hall–Kier alpha value is -0.200. The highest BCUT2D eigenvalue weighted by atomic mass is 31.2. The van der Waals surface area contributed by atoms with Crippen LogP contribution in [0.5, 0.6) is 0 Å². The number of hydrogen-bond acceptors (Lipinski definition) is 4. The van der Waals surface area contributed by atoms with E-state index in [4.69, 9.17) is 19.8 Å². The Labute approximate surface area is 87.3 Å². The third kappa shape index (κ3) is 9.88. The van der Waals surface area contributed by atoms with Crippen LogP contribution in [0.25, 0.3) is 0 Å². The lowest BCUT2D eigenvalue weighted by Crippen LogP contribution is -2.01. The van der Waals surface area contributed by atoms with E-state index in [0.717, 1.165) is 6.42 Å². The van der Waals surface area contributed by atoms with Crippen molar-refractivity contribution in [3.8, 4) is 6.07 Å². The Bertz CT molecular complexity index is 161. The standard InChI is InChI=1S/C9H19N2O2P/c1-2-3-4-5-8-12-14(11)13-9-6-7-10/h2-6,8-9,11H2,1H3. The molecular formula is C9H19N2O2P. The van der Waals surface area contributed by atoms with Crippen LogP contribution >= 0.6 is 8.53 Å². The summed E-state index contributed by atoms with van der Waals surface area (Å²) >= 11 is 0. The summed E-state index contributed by atoms with van der Waals surface area (Å²) < 4.78 is 10.3. The largest absolute Gasteiger partial charge is 0.322 e. The number of nitrogens with zero attached hydrogens (tertiary/aromatic N) is 1. The molecule has 0 radical (unpaired) electrons. The highest BCUT2D eigenvalue weighted by Crippen LogP contribution is 2.28. The molecule has 0 aromatic heterocycles. The first-order valence-corrected chi connectivity index (χ1v) is 6.23. The van der Waals surface area contributed by atoms with Gasteiger partial charge >= 0.3 is 0 Å². The Kier molecular flexibility index (Phi) is 10.7. The van der Waals surface area contributed by atoms with Crippen molar-refractivity contribution in [3.05, 3.63) is 0 Å². The number of nitriles is 1. The van der Waals surface area contributed by atoms with Crippen molar-refractivity contribution in [2.45, 2.75) is 39.0 Å². The van der Waals surface area contributed by atoms with Crippen LogP contribution in [0.1, 0.15) is 39.0 Å². The molecular weight excluding hydrogens is 199 g/mol. The molecule has 0 fully saturated rings. The number of unbranched alkanes of at least 4 members (excludes halogenated alkanes) is 3. The van der Waals surface area contributed by atoms with E-state index in [0.29, 0.717) is 19.6 Å². The van der Waals surface area contributed by atoms with Gasteiger partial charge < -0.3 is 9.05 Å². The summed E-state index contributed by atoms with van der Waals surface area (Å²) in [7, 11) is -1.26. The van der Waals surface area contributed by atoms with Gasteiger partial charge in [0, 0.05) is 0 Å². The van der Waals surface area contributed by atoms with Gasteiger partial charge in [-0.15, -0.1) is 0 Å².